The fraction of sp³-hybridized carbons (Fsp3) is 0.310. The van der Waals surface area contributed by atoms with E-state index in [9.17, 15) is 18.0 Å². The van der Waals surface area contributed by atoms with E-state index in [4.69, 9.17) is 16.3 Å². The van der Waals surface area contributed by atoms with E-state index < -0.39 is 28.5 Å². The van der Waals surface area contributed by atoms with Crippen LogP contribution in [0.3, 0.4) is 0 Å². The van der Waals surface area contributed by atoms with Gasteiger partial charge in [0, 0.05) is 12.6 Å². The molecule has 0 heterocycles. The van der Waals surface area contributed by atoms with Crippen LogP contribution in [0.25, 0.3) is 0 Å². The Balaban J connectivity index is 2.07. The molecule has 0 unspecified atom stereocenters. The smallest absolute Gasteiger partial charge is 0.264 e. The fourth-order valence-electron chi connectivity index (χ4n) is 4.14. The summed E-state index contributed by atoms with van der Waals surface area (Å²) in [6, 6.07) is 20.7. The molecule has 0 aromatic heterocycles. The highest BCUT2D eigenvalue weighted by Gasteiger charge is 2.34. The molecule has 3 aromatic carbocycles. The number of hydrogen-bond acceptors (Lipinski definition) is 5. The topological polar surface area (TPSA) is 96.0 Å². The number of halogens is 1. The fourth-order valence-corrected chi connectivity index (χ4v) is 5.82. The molecule has 3 rings (SSSR count). The number of sulfonamides is 1. The molecule has 0 fully saturated rings. The molecule has 0 bridgehead atoms. The first-order valence-corrected chi connectivity index (χ1v) is 14.4. The van der Waals surface area contributed by atoms with Crippen LogP contribution in [0.4, 0.5) is 5.69 Å². The van der Waals surface area contributed by atoms with Crippen molar-refractivity contribution in [3.8, 4) is 5.75 Å². The lowest BCUT2D eigenvalue weighted by atomic mass is 10.1. The van der Waals surface area contributed by atoms with Crippen molar-refractivity contribution in [3.63, 3.8) is 0 Å². The number of nitrogens with one attached hydrogen (secondary N) is 1. The summed E-state index contributed by atoms with van der Waals surface area (Å²) in [5.74, 6) is -0.469. The number of ether oxygens (including phenoxy) is 1. The predicted molar refractivity (Wildman–Crippen MR) is 153 cm³/mol. The number of rotatable bonds is 12. The molecule has 1 N–H and O–H groups in total. The molecule has 0 spiro atoms. The van der Waals surface area contributed by atoms with Crippen molar-refractivity contribution < 1.29 is 22.7 Å². The average molecular weight is 572 g/mol. The summed E-state index contributed by atoms with van der Waals surface area (Å²) in [6.45, 7) is 5.09. The van der Waals surface area contributed by atoms with Crippen molar-refractivity contribution in [2.75, 3.05) is 18.0 Å². The Kier molecular flexibility index (Phi) is 10.4. The van der Waals surface area contributed by atoms with Crippen LogP contribution in [0.2, 0.25) is 5.02 Å². The first-order valence-electron chi connectivity index (χ1n) is 12.6. The van der Waals surface area contributed by atoms with Crippen molar-refractivity contribution in [1.82, 2.24) is 10.2 Å². The maximum Gasteiger partial charge on any atom is 0.264 e. The van der Waals surface area contributed by atoms with Crippen LogP contribution in [-0.2, 0) is 26.2 Å². The van der Waals surface area contributed by atoms with Crippen LogP contribution in [0.5, 0.6) is 5.75 Å². The summed E-state index contributed by atoms with van der Waals surface area (Å²) in [5.41, 5.74) is 1.00. The van der Waals surface area contributed by atoms with E-state index in [0.717, 1.165) is 9.87 Å². The van der Waals surface area contributed by atoms with E-state index in [1.165, 1.54) is 36.3 Å². The van der Waals surface area contributed by atoms with Crippen LogP contribution in [0, 0.1) is 0 Å². The molecule has 0 saturated carbocycles. The molecule has 1 atom stereocenters. The summed E-state index contributed by atoms with van der Waals surface area (Å²) in [7, 11) is -2.72. The molecule has 2 amide bonds. The number of benzene rings is 3. The van der Waals surface area contributed by atoms with E-state index in [1.807, 2.05) is 51.1 Å². The zero-order chi connectivity index (χ0) is 28.6. The molecule has 0 aliphatic rings. The normalized spacial score (nSPS) is 12.1. The Morgan fingerprint density at radius 2 is 1.59 bits per heavy atom. The van der Waals surface area contributed by atoms with Crippen LogP contribution in [-0.4, -0.2) is 50.9 Å². The van der Waals surface area contributed by atoms with Gasteiger partial charge in [0.2, 0.25) is 11.8 Å². The van der Waals surface area contributed by atoms with Gasteiger partial charge in [-0.2, -0.15) is 0 Å². The zero-order valence-corrected chi connectivity index (χ0v) is 24.1. The highest BCUT2D eigenvalue weighted by Crippen LogP contribution is 2.32. The van der Waals surface area contributed by atoms with E-state index in [-0.39, 0.29) is 34.1 Å². The Hall–Kier alpha value is -3.56. The summed E-state index contributed by atoms with van der Waals surface area (Å²) in [5, 5.41) is 3.07. The lowest BCUT2D eigenvalue weighted by Crippen LogP contribution is -2.53. The van der Waals surface area contributed by atoms with Crippen molar-refractivity contribution in [3.05, 3.63) is 89.4 Å². The number of carbonyl (C=O) groups excluding carboxylic acids is 2. The molecule has 0 aliphatic carbocycles. The highest BCUT2D eigenvalue weighted by molar-refractivity contribution is 7.92. The van der Waals surface area contributed by atoms with E-state index in [2.05, 4.69) is 5.32 Å². The maximum absolute atomic E-state index is 14.0. The van der Waals surface area contributed by atoms with Gasteiger partial charge in [-0.05, 0) is 56.2 Å². The molecular weight excluding hydrogens is 538 g/mol. The van der Waals surface area contributed by atoms with Gasteiger partial charge in [-0.15, -0.1) is 0 Å². The number of anilines is 1. The predicted octanol–water partition coefficient (Wildman–Crippen LogP) is 4.88. The standard InChI is InChI=1S/C29H34ClN3O5S/c1-5-26(29(35)31-21(2)3)32(19-22-12-8-6-9-13-22)28(34)20-33(23-16-17-27(38-4)25(30)18-23)39(36,37)24-14-10-7-11-15-24/h6-18,21,26H,5,19-20H2,1-4H3,(H,31,35)/t26-/m1/s1. The lowest BCUT2D eigenvalue weighted by Gasteiger charge is -2.33. The number of methoxy groups -OCH3 is 1. The first kappa shape index (κ1) is 30.0. The average Bonchev–Trinajstić information content (AvgIpc) is 2.92. The Labute approximate surface area is 235 Å². The number of amides is 2. The summed E-state index contributed by atoms with van der Waals surface area (Å²) < 4.78 is 33.9. The van der Waals surface area contributed by atoms with Gasteiger partial charge >= 0.3 is 0 Å². The molecular formula is C29H34ClN3O5S. The van der Waals surface area contributed by atoms with Gasteiger partial charge in [-0.3, -0.25) is 13.9 Å². The van der Waals surface area contributed by atoms with E-state index >= 15 is 0 Å². The van der Waals surface area contributed by atoms with Gasteiger partial charge in [0.05, 0.1) is 22.7 Å². The Morgan fingerprint density at radius 1 is 0.974 bits per heavy atom. The molecule has 208 valence electrons. The van der Waals surface area contributed by atoms with Crippen molar-refractivity contribution in [2.45, 2.75) is 50.7 Å². The number of carbonyl (C=O) groups is 2. The molecule has 0 saturated heterocycles. The van der Waals surface area contributed by atoms with Crippen LogP contribution >= 0.6 is 11.6 Å². The van der Waals surface area contributed by atoms with Gasteiger partial charge in [-0.1, -0.05) is 67.1 Å². The van der Waals surface area contributed by atoms with Gasteiger partial charge in [-0.25, -0.2) is 8.42 Å². The highest BCUT2D eigenvalue weighted by atomic mass is 35.5. The van der Waals surface area contributed by atoms with Crippen molar-refractivity contribution in [1.29, 1.82) is 0 Å². The second-order valence-electron chi connectivity index (χ2n) is 9.24. The van der Waals surface area contributed by atoms with E-state index in [0.29, 0.717) is 12.2 Å². The molecule has 39 heavy (non-hydrogen) atoms. The Morgan fingerprint density at radius 3 is 2.13 bits per heavy atom. The Bertz CT molecular complexity index is 1370. The summed E-state index contributed by atoms with van der Waals surface area (Å²) >= 11 is 6.34. The van der Waals surface area contributed by atoms with Crippen LogP contribution in [0.1, 0.15) is 32.8 Å². The molecule has 3 aromatic rings. The van der Waals surface area contributed by atoms with Crippen molar-refractivity contribution in [2.24, 2.45) is 0 Å². The van der Waals surface area contributed by atoms with Gasteiger partial charge in [0.15, 0.2) is 0 Å². The molecule has 0 aliphatic heterocycles. The SMILES string of the molecule is CC[C@H](C(=O)NC(C)C)N(Cc1ccccc1)C(=O)CN(c1ccc(OC)c(Cl)c1)S(=O)(=O)c1ccccc1. The molecule has 10 heteroatoms. The minimum absolute atomic E-state index is 0.0175. The minimum atomic E-state index is -4.18. The largest absolute Gasteiger partial charge is 0.495 e. The number of hydrogen-bond donors (Lipinski definition) is 1. The molecule has 0 radical (unpaired) electrons. The third-order valence-electron chi connectivity index (χ3n) is 6.05. The monoisotopic (exact) mass is 571 g/mol. The van der Waals surface area contributed by atoms with Crippen LogP contribution < -0.4 is 14.4 Å². The second-order valence-corrected chi connectivity index (χ2v) is 11.5. The van der Waals surface area contributed by atoms with Gasteiger partial charge in [0.1, 0.15) is 18.3 Å². The number of nitrogens with zero attached hydrogens (tertiary/aromatic N) is 2. The molecule has 8 nitrogen and oxygen atoms in total. The third kappa shape index (κ3) is 7.52. The zero-order valence-electron chi connectivity index (χ0n) is 22.5. The third-order valence-corrected chi connectivity index (χ3v) is 8.13. The van der Waals surface area contributed by atoms with E-state index in [1.54, 1.807) is 24.3 Å². The maximum atomic E-state index is 14.0. The second kappa shape index (κ2) is 13.5. The van der Waals surface area contributed by atoms with Crippen LogP contribution in [0.15, 0.2) is 83.8 Å². The quantitative estimate of drug-likeness (QED) is 0.334. The lowest BCUT2D eigenvalue weighted by molar-refractivity contribution is -0.140. The first-order chi connectivity index (χ1) is 18.6. The summed E-state index contributed by atoms with van der Waals surface area (Å²) in [4.78, 5) is 28.6. The van der Waals surface area contributed by atoms with Crippen molar-refractivity contribution >= 4 is 39.1 Å². The minimum Gasteiger partial charge on any atom is -0.495 e. The van der Waals surface area contributed by atoms with Gasteiger partial charge < -0.3 is 15.0 Å². The van der Waals surface area contributed by atoms with Gasteiger partial charge in [0.25, 0.3) is 10.0 Å². The summed E-state index contributed by atoms with van der Waals surface area (Å²) in [6.07, 6.45) is 0.344.